The number of rotatable bonds is 8. The summed E-state index contributed by atoms with van der Waals surface area (Å²) in [6, 6.07) is 73.0. The van der Waals surface area contributed by atoms with Gasteiger partial charge in [-0.15, -0.1) is 0 Å². The lowest BCUT2D eigenvalue weighted by Gasteiger charge is -2.18. The molecule has 3 heteroatoms. The number of para-hydroxylation sites is 2. The van der Waals surface area contributed by atoms with Gasteiger partial charge in [-0.05, 0) is 93.4 Å². The largest absolute Gasteiger partial charge is 0.456 e. The number of benzene rings is 9. The molecule has 0 amide bonds. The van der Waals surface area contributed by atoms with E-state index in [-0.39, 0.29) is 0 Å². The van der Waals surface area contributed by atoms with Crippen molar-refractivity contribution < 1.29 is 4.42 Å². The number of anilines is 4. The first-order chi connectivity index (χ1) is 27.2. The van der Waals surface area contributed by atoms with E-state index in [1.165, 1.54) is 16.5 Å². The molecule has 0 atom stereocenters. The molecule has 0 aliphatic rings. The summed E-state index contributed by atoms with van der Waals surface area (Å²) in [4.78, 5) is 0. The third kappa shape index (κ3) is 6.28. The highest BCUT2D eigenvalue weighted by atomic mass is 16.3. The average molecular weight is 705 g/mol. The van der Waals surface area contributed by atoms with Crippen LogP contribution in [0, 0.1) is 0 Å². The van der Waals surface area contributed by atoms with Crippen molar-refractivity contribution in [3.8, 4) is 44.5 Å². The Hall–Kier alpha value is -7.36. The van der Waals surface area contributed by atoms with Gasteiger partial charge in [-0.2, -0.15) is 0 Å². The van der Waals surface area contributed by atoms with Gasteiger partial charge in [0, 0.05) is 50.0 Å². The summed E-state index contributed by atoms with van der Waals surface area (Å²) in [5.74, 6) is 0. The lowest BCUT2D eigenvalue weighted by molar-refractivity contribution is 0.669. The van der Waals surface area contributed by atoms with Crippen LogP contribution in [0.1, 0.15) is 0 Å². The molecule has 0 aliphatic heterocycles. The topological polar surface area (TPSA) is 37.2 Å². The monoisotopic (exact) mass is 704 g/mol. The van der Waals surface area contributed by atoms with Crippen LogP contribution >= 0.6 is 0 Å². The molecule has 0 saturated carbocycles. The van der Waals surface area contributed by atoms with Crippen molar-refractivity contribution in [1.82, 2.24) is 0 Å². The minimum absolute atomic E-state index is 0.907. The minimum atomic E-state index is 0.907. The van der Waals surface area contributed by atoms with Crippen LogP contribution in [0.5, 0.6) is 0 Å². The molecule has 2 N–H and O–H groups in total. The lowest BCUT2D eigenvalue weighted by atomic mass is 9.95. The molecule has 0 aliphatic carbocycles. The summed E-state index contributed by atoms with van der Waals surface area (Å²) >= 11 is 0. The van der Waals surface area contributed by atoms with Crippen molar-refractivity contribution in [3.05, 3.63) is 206 Å². The highest BCUT2D eigenvalue weighted by molar-refractivity contribution is 6.07. The first-order valence-corrected chi connectivity index (χ1v) is 18.7. The van der Waals surface area contributed by atoms with Crippen molar-refractivity contribution in [2.75, 3.05) is 10.6 Å². The maximum absolute atomic E-state index is 6.11. The molecule has 0 spiro atoms. The van der Waals surface area contributed by atoms with Gasteiger partial charge in [0.1, 0.15) is 11.2 Å². The van der Waals surface area contributed by atoms with E-state index in [0.29, 0.717) is 0 Å². The number of nitrogens with one attached hydrogen (secondary N) is 2. The molecule has 55 heavy (non-hydrogen) atoms. The predicted molar refractivity (Wildman–Crippen MR) is 232 cm³/mol. The summed E-state index contributed by atoms with van der Waals surface area (Å²) in [5.41, 5.74) is 15.2. The molecule has 9 aromatic carbocycles. The van der Waals surface area contributed by atoms with Crippen molar-refractivity contribution in [2.24, 2.45) is 0 Å². The van der Waals surface area contributed by atoms with E-state index in [4.69, 9.17) is 4.42 Å². The van der Waals surface area contributed by atoms with Crippen LogP contribution in [0.25, 0.3) is 77.2 Å². The first-order valence-electron chi connectivity index (χ1n) is 18.7. The van der Waals surface area contributed by atoms with Crippen LogP contribution in [0.15, 0.2) is 211 Å². The van der Waals surface area contributed by atoms with Crippen molar-refractivity contribution in [1.29, 1.82) is 0 Å². The Morgan fingerprint density at radius 1 is 0.291 bits per heavy atom. The van der Waals surface area contributed by atoms with Gasteiger partial charge in [-0.25, -0.2) is 0 Å². The quantitative estimate of drug-likeness (QED) is 0.165. The number of hydrogen-bond donors (Lipinski definition) is 2. The zero-order chi connectivity index (χ0) is 36.6. The fraction of sp³-hybridized carbons (Fsp3) is 0. The number of hydrogen-bond acceptors (Lipinski definition) is 3. The molecule has 260 valence electrons. The first kappa shape index (κ1) is 32.3. The van der Waals surface area contributed by atoms with Gasteiger partial charge in [0.15, 0.2) is 0 Å². The standard InChI is InChI=1S/C52H36N2O/c1-4-13-35(14-5-1)43-27-24-39(33-49(43)53-42-18-8-3-9-19-42)40-25-28-44(36-15-6-2-7-16-36)50(34-40)54-48-21-12-17-41-31-37(23-29-45(41)48)38-26-30-52-47(32-38)46-20-10-11-22-51(46)55-52/h1-34,53-54H. The molecular formula is C52H36N2O. The highest BCUT2D eigenvalue weighted by Crippen LogP contribution is 2.40. The van der Waals surface area contributed by atoms with E-state index in [2.05, 4.69) is 199 Å². The molecule has 0 saturated heterocycles. The Morgan fingerprint density at radius 2 is 0.836 bits per heavy atom. The van der Waals surface area contributed by atoms with Crippen LogP contribution in [0.4, 0.5) is 22.7 Å². The van der Waals surface area contributed by atoms with Crippen molar-refractivity contribution >= 4 is 55.5 Å². The van der Waals surface area contributed by atoms with Crippen LogP contribution in [0.2, 0.25) is 0 Å². The Morgan fingerprint density at radius 3 is 1.55 bits per heavy atom. The summed E-state index contributed by atoms with van der Waals surface area (Å²) in [7, 11) is 0. The fourth-order valence-corrected chi connectivity index (χ4v) is 7.69. The number of fused-ring (bicyclic) bond motifs is 4. The van der Waals surface area contributed by atoms with Crippen LogP contribution < -0.4 is 10.6 Å². The zero-order valence-corrected chi connectivity index (χ0v) is 30.0. The Labute approximate surface area is 320 Å². The van der Waals surface area contributed by atoms with Gasteiger partial charge < -0.3 is 15.1 Å². The Kier molecular flexibility index (Phi) is 8.16. The zero-order valence-electron chi connectivity index (χ0n) is 30.0. The van der Waals surface area contributed by atoms with E-state index in [1.807, 2.05) is 18.2 Å². The Balaban J connectivity index is 1.04. The van der Waals surface area contributed by atoms with E-state index < -0.39 is 0 Å². The highest BCUT2D eigenvalue weighted by Gasteiger charge is 2.14. The molecule has 0 unspecified atom stereocenters. The van der Waals surface area contributed by atoms with Gasteiger partial charge in [0.05, 0.1) is 0 Å². The summed E-state index contributed by atoms with van der Waals surface area (Å²) in [5, 5.41) is 12.2. The molecule has 0 bridgehead atoms. The maximum atomic E-state index is 6.11. The summed E-state index contributed by atoms with van der Waals surface area (Å²) < 4.78 is 6.11. The molecule has 10 aromatic rings. The molecule has 0 radical (unpaired) electrons. The molecule has 3 nitrogen and oxygen atoms in total. The SMILES string of the molecule is c1ccc(Nc2cc(-c3ccc(-c4ccccc4)c(Nc4cccc5cc(-c6ccc7oc8ccccc8c7c6)ccc45)c3)ccc2-c2ccccc2)cc1. The molecule has 1 aromatic heterocycles. The summed E-state index contributed by atoms with van der Waals surface area (Å²) in [6.07, 6.45) is 0. The van der Waals surface area contributed by atoms with E-state index in [9.17, 15) is 0 Å². The second-order valence-corrected chi connectivity index (χ2v) is 13.9. The minimum Gasteiger partial charge on any atom is -0.456 e. The average Bonchev–Trinajstić information content (AvgIpc) is 3.63. The van der Waals surface area contributed by atoms with Crippen LogP contribution in [-0.4, -0.2) is 0 Å². The molecule has 10 rings (SSSR count). The van der Waals surface area contributed by atoms with Gasteiger partial charge >= 0.3 is 0 Å². The second kappa shape index (κ2) is 13.9. The predicted octanol–water partition coefficient (Wildman–Crippen LogP) is 14.9. The van der Waals surface area contributed by atoms with Crippen molar-refractivity contribution in [3.63, 3.8) is 0 Å². The van der Waals surface area contributed by atoms with E-state index in [0.717, 1.165) is 83.5 Å². The normalized spacial score (nSPS) is 11.3. The summed E-state index contributed by atoms with van der Waals surface area (Å²) in [6.45, 7) is 0. The van der Waals surface area contributed by atoms with E-state index >= 15 is 0 Å². The number of furan rings is 1. The Bertz CT molecular complexity index is 2970. The van der Waals surface area contributed by atoms with Gasteiger partial charge in [-0.1, -0.05) is 152 Å². The molecular weight excluding hydrogens is 669 g/mol. The second-order valence-electron chi connectivity index (χ2n) is 13.9. The van der Waals surface area contributed by atoms with Gasteiger partial charge in [0.25, 0.3) is 0 Å². The van der Waals surface area contributed by atoms with Crippen molar-refractivity contribution in [2.45, 2.75) is 0 Å². The smallest absolute Gasteiger partial charge is 0.135 e. The fourth-order valence-electron chi connectivity index (χ4n) is 7.69. The van der Waals surface area contributed by atoms with Crippen LogP contribution in [0.3, 0.4) is 0 Å². The van der Waals surface area contributed by atoms with Gasteiger partial charge in [0.2, 0.25) is 0 Å². The van der Waals surface area contributed by atoms with E-state index in [1.54, 1.807) is 0 Å². The third-order valence-corrected chi connectivity index (χ3v) is 10.5. The van der Waals surface area contributed by atoms with Crippen LogP contribution in [-0.2, 0) is 0 Å². The molecule has 1 heterocycles. The maximum Gasteiger partial charge on any atom is 0.135 e. The van der Waals surface area contributed by atoms with Gasteiger partial charge in [-0.3, -0.25) is 0 Å². The molecule has 0 fully saturated rings. The third-order valence-electron chi connectivity index (χ3n) is 10.5. The lowest BCUT2D eigenvalue weighted by Crippen LogP contribution is -1.97.